The van der Waals surface area contributed by atoms with E-state index in [9.17, 15) is 9.90 Å². The standard InChI is InChI=1S/C15H19NO2S/c17-10-12-5-3-8-16(12)15(18)14-13-6-2-1-4-11(13)7-9-19-14/h1-2,4,6,12,14,17H,3,5,7-10H2/t12-,14-/m1/s1. The molecule has 1 aromatic carbocycles. The Labute approximate surface area is 118 Å². The fraction of sp³-hybridized carbons (Fsp3) is 0.533. The Morgan fingerprint density at radius 2 is 2.26 bits per heavy atom. The van der Waals surface area contributed by atoms with Gasteiger partial charge in [-0.15, -0.1) is 11.8 Å². The molecule has 2 heterocycles. The molecule has 0 radical (unpaired) electrons. The smallest absolute Gasteiger partial charge is 0.240 e. The zero-order valence-corrected chi connectivity index (χ0v) is 11.7. The minimum atomic E-state index is -0.0721. The number of rotatable bonds is 2. The molecule has 0 spiro atoms. The van der Waals surface area contributed by atoms with Crippen molar-refractivity contribution in [2.45, 2.75) is 30.6 Å². The summed E-state index contributed by atoms with van der Waals surface area (Å²) in [6.45, 7) is 0.883. The van der Waals surface area contributed by atoms with Crippen molar-refractivity contribution in [2.24, 2.45) is 0 Å². The average molecular weight is 277 g/mol. The van der Waals surface area contributed by atoms with Crippen LogP contribution in [0.25, 0.3) is 0 Å². The molecule has 1 saturated heterocycles. The SMILES string of the molecule is O=C([C@@H]1SCCc2ccccc21)N1CCC[C@@H]1CO. The molecule has 1 N–H and O–H groups in total. The summed E-state index contributed by atoms with van der Waals surface area (Å²) < 4.78 is 0. The van der Waals surface area contributed by atoms with E-state index in [-0.39, 0.29) is 23.8 Å². The summed E-state index contributed by atoms with van der Waals surface area (Å²) in [7, 11) is 0. The van der Waals surface area contributed by atoms with Crippen LogP contribution in [0.4, 0.5) is 0 Å². The number of thioether (sulfide) groups is 1. The fourth-order valence-corrected chi connectivity index (χ4v) is 4.33. The summed E-state index contributed by atoms with van der Waals surface area (Å²) in [6, 6.07) is 8.29. The van der Waals surface area contributed by atoms with Gasteiger partial charge in [0.05, 0.1) is 12.6 Å². The Balaban J connectivity index is 1.85. The van der Waals surface area contributed by atoms with Gasteiger partial charge < -0.3 is 10.0 Å². The minimum Gasteiger partial charge on any atom is -0.394 e. The first-order chi connectivity index (χ1) is 9.31. The Bertz CT molecular complexity index is 477. The highest BCUT2D eigenvalue weighted by Crippen LogP contribution is 2.39. The summed E-state index contributed by atoms with van der Waals surface area (Å²) in [5.74, 6) is 1.19. The molecule has 2 atom stereocenters. The van der Waals surface area contributed by atoms with E-state index in [2.05, 4.69) is 12.1 Å². The number of benzene rings is 1. The maximum Gasteiger partial charge on any atom is 0.240 e. The van der Waals surface area contributed by atoms with Crippen molar-refractivity contribution in [1.29, 1.82) is 0 Å². The van der Waals surface area contributed by atoms with Crippen LogP contribution in [0, 0.1) is 0 Å². The van der Waals surface area contributed by atoms with Crippen molar-refractivity contribution < 1.29 is 9.90 Å². The molecule has 2 aliphatic heterocycles. The number of aliphatic hydroxyl groups is 1. The molecule has 0 bridgehead atoms. The van der Waals surface area contributed by atoms with Crippen LogP contribution in [-0.4, -0.2) is 40.9 Å². The van der Waals surface area contributed by atoms with Crippen LogP contribution in [0.5, 0.6) is 0 Å². The number of carbonyl (C=O) groups is 1. The molecule has 19 heavy (non-hydrogen) atoms. The molecule has 3 nitrogen and oxygen atoms in total. The number of carbonyl (C=O) groups excluding carboxylic acids is 1. The van der Waals surface area contributed by atoms with Crippen LogP contribution >= 0.6 is 11.8 Å². The van der Waals surface area contributed by atoms with E-state index < -0.39 is 0 Å². The molecule has 0 saturated carbocycles. The molecule has 102 valence electrons. The van der Waals surface area contributed by atoms with Crippen LogP contribution in [0.1, 0.15) is 29.2 Å². The summed E-state index contributed by atoms with van der Waals surface area (Å²) in [6.07, 6.45) is 2.99. The molecule has 4 heteroatoms. The second kappa shape index (κ2) is 5.55. The number of hydrogen-bond acceptors (Lipinski definition) is 3. The zero-order valence-electron chi connectivity index (χ0n) is 10.9. The minimum absolute atomic E-state index is 0.0298. The van der Waals surface area contributed by atoms with Crippen molar-refractivity contribution in [2.75, 3.05) is 18.9 Å². The monoisotopic (exact) mass is 277 g/mol. The Kier molecular flexibility index (Phi) is 3.80. The third kappa shape index (κ3) is 2.39. The molecular weight excluding hydrogens is 258 g/mol. The molecule has 1 fully saturated rings. The van der Waals surface area contributed by atoms with Crippen LogP contribution in [0.3, 0.4) is 0 Å². The number of hydrogen-bond donors (Lipinski definition) is 1. The zero-order chi connectivity index (χ0) is 13.2. The van der Waals surface area contributed by atoms with Crippen LogP contribution in [0.2, 0.25) is 0 Å². The Morgan fingerprint density at radius 1 is 1.42 bits per heavy atom. The maximum absolute atomic E-state index is 12.7. The molecule has 0 aliphatic carbocycles. The number of nitrogens with zero attached hydrogens (tertiary/aromatic N) is 1. The average Bonchev–Trinajstić information content (AvgIpc) is 2.94. The number of likely N-dealkylation sites (tertiary alicyclic amines) is 1. The Hall–Kier alpha value is -1.00. The van der Waals surface area contributed by atoms with E-state index >= 15 is 0 Å². The van der Waals surface area contributed by atoms with E-state index in [1.165, 1.54) is 11.1 Å². The van der Waals surface area contributed by atoms with Gasteiger partial charge in [0.1, 0.15) is 5.25 Å². The summed E-state index contributed by atoms with van der Waals surface area (Å²) >= 11 is 1.74. The van der Waals surface area contributed by atoms with Gasteiger partial charge in [0, 0.05) is 6.54 Å². The number of fused-ring (bicyclic) bond motifs is 1. The first-order valence-electron chi connectivity index (χ1n) is 6.92. The number of aryl methyl sites for hydroxylation is 1. The predicted octanol–water partition coefficient (Wildman–Crippen LogP) is 2.00. The van der Waals surface area contributed by atoms with Crippen LogP contribution < -0.4 is 0 Å². The van der Waals surface area contributed by atoms with Gasteiger partial charge in [0.25, 0.3) is 0 Å². The van der Waals surface area contributed by atoms with Crippen LogP contribution in [0.15, 0.2) is 24.3 Å². The quantitative estimate of drug-likeness (QED) is 0.899. The van der Waals surface area contributed by atoms with Gasteiger partial charge in [0.15, 0.2) is 0 Å². The lowest BCUT2D eigenvalue weighted by Crippen LogP contribution is -2.40. The van der Waals surface area contributed by atoms with Gasteiger partial charge in [-0.1, -0.05) is 24.3 Å². The number of amides is 1. The van der Waals surface area contributed by atoms with Crippen molar-refractivity contribution in [3.63, 3.8) is 0 Å². The van der Waals surface area contributed by atoms with Gasteiger partial charge in [-0.05, 0) is 36.1 Å². The molecular formula is C15H19NO2S. The van der Waals surface area contributed by atoms with Gasteiger partial charge in [-0.2, -0.15) is 0 Å². The highest BCUT2D eigenvalue weighted by molar-refractivity contribution is 8.00. The molecule has 0 unspecified atom stereocenters. The van der Waals surface area contributed by atoms with Gasteiger partial charge in [-0.3, -0.25) is 4.79 Å². The highest BCUT2D eigenvalue weighted by atomic mass is 32.2. The normalized spacial score (nSPS) is 26.3. The Morgan fingerprint density at radius 3 is 3.11 bits per heavy atom. The van der Waals surface area contributed by atoms with E-state index in [1.54, 1.807) is 11.8 Å². The fourth-order valence-electron chi connectivity index (χ4n) is 3.06. The first-order valence-corrected chi connectivity index (χ1v) is 7.97. The van der Waals surface area contributed by atoms with E-state index in [0.717, 1.165) is 31.6 Å². The summed E-state index contributed by atoms with van der Waals surface area (Å²) in [5.41, 5.74) is 2.48. The lowest BCUT2D eigenvalue weighted by atomic mass is 10.0. The maximum atomic E-state index is 12.7. The second-order valence-corrected chi connectivity index (χ2v) is 6.42. The van der Waals surface area contributed by atoms with E-state index in [0.29, 0.717) is 0 Å². The lowest BCUT2D eigenvalue weighted by molar-refractivity contribution is -0.132. The third-order valence-electron chi connectivity index (χ3n) is 4.09. The van der Waals surface area contributed by atoms with Gasteiger partial charge in [0.2, 0.25) is 5.91 Å². The molecule has 1 amide bonds. The molecule has 0 aromatic heterocycles. The third-order valence-corrected chi connectivity index (χ3v) is 5.32. The van der Waals surface area contributed by atoms with Gasteiger partial charge in [-0.25, -0.2) is 0 Å². The molecule has 2 aliphatic rings. The second-order valence-electron chi connectivity index (χ2n) is 5.21. The van der Waals surface area contributed by atoms with Crippen molar-refractivity contribution in [3.8, 4) is 0 Å². The van der Waals surface area contributed by atoms with E-state index in [4.69, 9.17) is 0 Å². The summed E-state index contributed by atoms with van der Waals surface area (Å²) in [5, 5.41) is 9.31. The van der Waals surface area contributed by atoms with Gasteiger partial charge >= 0.3 is 0 Å². The lowest BCUT2D eigenvalue weighted by Gasteiger charge is -2.31. The highest BCUT2D eigenvalue weighted by Gasteiger charge is 2.35. The summed E-state index contributed by atoms with van der Waals surface area (Å²) in [4.78, 5) is 14.6. The first kappa shape index (κ1) is 13.0. The molecule has 1 aromatic rings. The van der Waals surface area contributed by atoms with Crippen molar-refractivity contribution in [1.82, 2.24) is 4.90 Å². The topological polar surface area (TPSA) is 40.5 Å². The number of aliphatic hydroxyl groups excluding tert-OH is 1. The van der Waals surface area contributed by atoms with Crippen molar-refractivity contribution in [3.05, 3.63) is 35.4 Å². The van der Waals surface area contributed by atoms with E-state index in [1.807, 2.05) is 17.0 Å². The largest absolute Gasteiger partial charge is 0.394 e. The predicted molar refractivity (Wildman–Crippen MR) is 77.2 cm³/mol. The van der Waals surface area contributed by atoms with Crippen molar-refractivity contribution >= 4 is 17.7 Å². The molecule has 3 rings (SSSR count). The van der Waals surface area contributed by atoms with Crippen LogP contribution in [-0.2, 0) is 11.2 Å².